The lowest BCUT2D eigenvalue weighted by Crippen LogP contribution is -2.31. The van der Waals surface area contributed by atoms with E-state index in [1.807, 2.05) is 0 Å². The quantitative estimate of drug-likeness (QED) is 0.865. The van der Waals surface area contributed by atoms with Crippen molar-refractivity contribution in [1.29, 1.82) is 0 Å². The first-order chi connectivity index (χ1) is 8.72. The summed E-state index contributed by atoms with van der Waals surface area (Å²) >= 11 is 0. The van der Waals surface area contributed by atoms with Gasteiger partial charge >= 0.3 is 0 Å². The first-order valence-electron chi connectivity index (χ1n) is 5.82. The van der Waals surface area contributed by atoms with Crippen molar-refractivity contribution in [2.24, 2.45) is 5.92 Å². The average molecular weight is 251 g/mol. The van der Waals surface area contributed by atoms with Crippen LogP contribution in [0.4, 0.5) is 5.69 Å². The van der Waals surface area contributed by atoms with Gasteiger partial charge in [0.15, 0.2) is 0 Å². The first-order valence-corrected chi connectivity index (χ1v) is 5.82. The third kappa shape index (κ3) is 2.92. The fraction of sp³-hybridized carbons (Fsp3) is 0.462. The predicted octanol–water partition coefficient (Wildman–Crippen LogP) is 1.68. The number of rotatable bonds is 5. The number of benzene rings is 1. The van der Waals surface area contributed by atoms with E-state index in [0.29, 0.717) is 42.7 Å². The van der Waals surface area contributed by atoms with Crippen molar-refractivity contribution in [3.8, 4) is 11.5 Å². The Morgan fingerprint density at radius 2 is 2.17 bits per heavy atom. The maximum absolute atomic E-state index is 11.8. The molecule has 1 N–H and O–H groups in total. The van der Waals surface area contributed by atoms with E-state index in [1.165, 1.54) is 0 Å². The maximum Gasteiger partial charge on any atom is 0.224 e. The van der Waals surface area contributed by atoms with E-state index < -0.39 is 0 Å². The van der Waals surface area contributed by atoms with Crippen LogP contribution in [0.2, 0.25) is 0 Å². The van der Waals surface area contributed by atoms with Gasteiger partial charge in [-0.25, -0.2) is 0 Å². The molecule has 0 aliphatic carbocycles. The molecule has 0 unspecified atom stereocenters. The van der Waals surface area contributed by atoms with Crippen LogP contribution in [0.15, 0.2) is 18.2 Å². The van der Waals surface area contributed by atoms with Gasteiger partial charge in [0.1, 0.15) is 11.5 Å². The number of methoxy groups -OCH3 is 2. The molecule has 1 aliphatic heterocycles. The Balaban J connectivity index is 2.00. The summed E-state index contributed by atoms with van der Waals surface area (Å²) in [5.74, 6) is 1.60. The molecule has 5 heteroatoms. The third-order valence-corrected chi connectivity index (χ3v) is 2.86. The van der Waals surface area contributed by atoms with Crippen molar-refractivity contribution in [1.82, 2.24) is 0 Å². The van der Waals surface area contributed by atoms with Crippen LogP contribution in [0.3, 0.4) is 0 Å². The molecule has 1 aromatic carbocycles. The molecule has 2 rings (SSSR count). The van der Waals surface area contributed by atoms with Gasteiger partial charge in [-0.1, -0.05) is 0 Å². The van der Waals surface area contributed by atoms with E-state index in [0.717, 1.165) is 0 Å². The van der Waals surface area contributed by atoms with Crippen molar-refractivity contribution >= 4 is 11.6 Å². The van der Waals surface area contributed by atoms with Crippen LogP contribution in [0, 0.1) is 5.92 Å². The minimum Gasteiger partial charge on any atom is -0.497 e. The molecule has 18 heavy (non-hydrogen) atoms. The summed E-state index contributed by atoms with van der Waals surface area (Å²) in [4.78, 5) is 11.8. The summed E-state index contributed by atoms with van der Waals surface area (Å²) in [6.07, 6.45) is 0.481. The van der Waals surface area contributed by atoms with E-state index in [-0.39, 0.29) is 5.91 Å². The van der Waals surface area contributed by atoms with Gasteiger partial charge in [0.05, 0.1) is 33.1 Å². The SMILES string of the molecule is COc1ccc(NC(=O)CC2COC2)c(OC)c1. The number of hydrogen-bond donors (Lipinski definition) is 1. The second kappa shape index (κ2) is 5.73. The highest BCUT2D eigenvalue weighted by molar-refractivity contribution is 5.92. The number of amides is 1. The smallest absolute Gasteiger partial charge is 0.224 e. The Labute approximate surface area is 106 Å². The lowest BCUT2D eigenvalue weighted by atomic mass is 10.0. The predicted molar refractivity (Wildman–Crippen MR) is 67.1 cm³/mol. The zero-order chi connectivity index (χ0) is 13.0. The summed E-state index contributed by atoms with van der Waals surface area (Å²) < 4.78 is 15.4. The van der Waals surface area contributed by atoms with Crippen LogP contribution in [0.25, 0.3) is 0 Å². The summed E-state index contributed by atoms with van der Waals surface area (Å²) in [5.41, 5.74) is 0.656. The highest BCUT2D eigenvalue weighted by atomic mass is 16.5. The van der Waals surface area contributed by atoms with Gasteiger partial charge in [-0.3, -0.25) is 4.79 Å². The van der Waals surface area contributed by atoms with Crippen molar-refractivity contribution < 1.29 is 19.0 Å². The summed E-state index contributed by atoms with van der Waals surface area (Å²) in [6, 6.07) is 5.29. The van der Waals surface area contributed by atoms with Gasteiger partial charge in [0.2, 0.25) is 5.91 Å². The lowest BCUT2D eigenvalue weighted by Gasteiger charge is -2.25. The van der Waals surface area contributed by atoms with E-state index >= 15 is 0 Å². The monoisotopic (exact) mass is 251 g/mol. The van der Waals surface area contributed by atoms with Crippen molar-refractivity contribution in [2.75, 3.05) is 32.8 Å². The Bertz CT molecular complexity index is 429. The molecule has 0 saturated carbocycles. The number of nitrogens with one attached hydrogen (secondary N) is 1. The largest absolute Gasteiger partial charge is 0.497 e. The molecular weight excluding hydrogens is 234 g/mol. The summed E-state index contributed by atoms with van der Waals surface area (Å²) in [5, 5.41) is 2.84. The molecule has 0 bridgehead atoms. The summed E-state index contributed by atoms with van der Waals surface area (Å²) in [7, 11) is 3.15. The second-order valence-corrected chi connectivity index (χ2v) is 4.22. The maximum atomic E-state index is 11.8. The van der Waals surface area contributed by atoms with Crippen LogP contribution < -0.4 is 14.8 Å². The highest BCUT2D eigenvalue weighted by Gasteiger charge is 2.22. The molecule has 98 valence electrons. The van der Waals surface area contributed by atoms with E-state index in [2.05, 4.69) is 5.32 Å². The minimum atomic E-state index is -0.0215. The van der Waals surface area contributed by atoms with Gasteiger partial charge in [-0.15, -0.1) is 0 Å². The van der Waals surface area contributed by atoms with Crippen LogP contribution in [-0.4, -0.2) is 33.3 Å². The van der Waals surface area contributed by atoms with Gasteiger partial charge in [0.25, 0.3) is 0 Å². The normalized spacial score (nSPS) is 14.8. The number of ether oxygens (including phenoxy) is 3. The first kappa shape index (κ1) is 12.7. The van der Waals surface area contributed by atoms with Gasteiger partial charge in [-0.05, 0) is 12.1 Å². The third-order valence-electron chi connectivity index (χ3n) is 2.86. The molecular formula is C13H17NO4. The molecule has 0 spiro atoms. The Hall–Kier alpha value is -1.75. The van der Waals surface area contributed by atoms with E-state index in [4.69, 9.17) is 14.2 Å². The zero-order valence-electron chi connectivity index (χ0n) is 10.6. The van der Waals surface area contributed by atoms with Crippen LogP contribution >= 0.6 is 0 Å². The molecule has 5 nitrogen and oxygen atoms in total. The summed E-state index contributed by atoms with van der Waals surface area (Å²) in [6.45, 7) is 1.35. The topological polar surface area (TPSA) is 56.8 Å². The fourth-order valence-corrected chi connectivity index (χ4v) is 1.77. The Kier molecular flexibility index (Phi) is 4.04. The van der Waals surface area contributed by atoms with Crippen molar-refractivity contribution in [3.05, 3.63) is 18.2 Å². The average Bonchev–Trinajstić information content (AvgIpc) is 2.34. The van der Waals surface area contributed by atoms with Crippen molar-refractivity contribution in [2.45, 2.75) is 6.42 Å². The van der Waals surface area contributed by atoms with Gasteiger partial charge in [-0.2, -0.15) is 0 Å². The molecule has 1 heterocycles. The zero-order valence-corrected chi connectivity index (χ0v) is 10.6. The number of anilines is 1. The highest BCUT2D eigenvalue weighted by Crippen LogP contribution is 2.29. The number of hydrogen-bond acceptors (Lipinski definition) is 4. The number of carbonyl (C=O) groups is 1. The molecule has 1 fully saturated rings. The van der Waals surface area contributed by atoms with Crippen LogP contribution in [0.5, 0.6) is 11.5 Å². The van der Waals surface area contributed by atoms with E-state index in [9.17, 15) is 4.79 Å². The molecule has 1 aromatic rings. The van der Waals surface area contributed by atoms with Gasteiger partial charge < -0.3 is 19.5 Å². The standard InChI is InChI=1S/C13H17NO4/c1-16-10-3-4-11(12(6-10)17-2)14-13(15)5-9-7-18-8-9/h3-4,6,9H,5,7-8H2,1-2H3,(H,14,15). The van der Waals surface area contributed by atoms with Gasteiger partial charge in [0, 0.05) is 18.4 Å². The minimum absolute atomic E-state index is 0.0215. The van der Waals surface area contributed by atoms with Crippen LogP contribution in [-0.2, 0) is 9.53 Å². The fourth-order valence-electron chi connectivity index (χ4n) is 1.77. The van der Waals surface area contributed by atoms with Crippen molar-refractivity contribution in [3.63, 3.8) is 0 Å². The van der Waals surface area contributed by atoms with E-state index in [1.54, 1.807) is 32.4 Å². The lowest BCUT2D eigenvalue weighted by molar-refractivity contribution is -0.121. The molecule has 1 aliphatic rings. The van der Waals surface area contributed by atoms with Crippen LogP contribution in [0.1, 0.15) is 6.42 Å². The Morgan fingerprint density at radius 1 is 1.39 bits per heavy atom. The number of carbonyl (C=O) groups excluding carboxylic acids is 1. The molecule has 0 atom stereocenters. The molecule has 1 amide bonds. The second-order valence-electron chi connectivity index (χ2n) is 4.22. The molecule has 0 aromatic heterocycles. The Morgan fingerprint density at radius 3 is 2.72 bits per heavy atom. The molecule has 0 radical (unpaired) electrons. The molecule has 1 saturated heterocycles.